The summed E-state index contributed by atoms with van der Waals surface area (Å²) in [5.74, 6) is -0.864. The number of hydrogen-bond donors (Lipinski definition) is 1. The van der Waals surface area contributed by atoms with Crippen LogP contribution in [0.15, 0.2) is 24.8 Å². The van der Waals surface area contributed by atoms with Crippen LogP contribution in [-0.2, 0) is 23.4 Å². The molecule has 32 heavy (non-hydrogen) atoms. The van der Waals surface area contributed by atoms with Gasteiger partial charge in [-0.1, -0.05) is 39.0 Å². The van der Waals surface area contributed by atoms with Gasteiger partial charge >= 0.3 is 5.97 Å². The number of ether oxygens (including phenoxy) is 3. The summed E-state index contributed by atoms with van der Waals surface area (Å²) in [6.45, 7) is 18.2. The highest BCUT2D eigenvalue weighted by atomic mass is 28.4. The van der Waals surface area contributed by atoms with Crippen LogP contribution < -0.4 is 0 Å². The van der Waals surface area contributed by atoms with Gasteiger partial charge in [-0.3, -0.25) is 0 Å². The normalized spacial score (nSPS) is 30.5. The Morgan fingerprint density at radius 1 is 1.28 bits per heavy atom. The van der Waals surface area contributed by atoms with E-state index in [0.717, 1.165) is 25.9 Å². The summed E-state index contributed by atoms with van der Waals surface area (Å²) in [7, 11) is -1.95. The predicted molar refractivity (Wildman–Crippen MR) is 129 cm³/mol. The third kappa shape index (κ3) is 7.25. The van der Waals surface area contributed by atoms with Crippen molar-refractivity contribution in [2.45, 2.75) is 103 Å². The van der Waals surface area contributed by atoms with E-state index in [1.54, 1.807) is 6.08 Å². The van der Waals surface area contributed by atoms with E-state index in [-0.39, 0.29) is 41.8 Å². The minimum atomic E-state index is -1.95. The molecular weight excluding hydrogens is 424 g/mol. The molecule has 1 saturated carbocycles. The van der Waals surface area contributed by atoms with Gasteiger partial charge in [-0.15, -0.1) is 6.58 Å². The maximum atomic E-state index is 11.7. The molecule has 1 N–H and O–H groups in total. The molecule has 0 aromatic carbocycles. The van der Waals surface area contributed by atoms with Gasteiger partial charge in [-0.25, -0.2) is 4.79 Å². The zero-order valence-electron chi connectivity index (χ0n) is 20.8. The summed E-state index contributed by atoms with van der Waals surface area (Å²) in [6, 6.07) is 0. The molecule has 0 radical (unpaired) electrons. The third-order valence-corrected chi connectivity index (χ3v) is 11.7. The minimum absolute atomic E-state index is 0.0185. The van der Waals surface area contributed by atoms with Crippen molar-refractivity contribution in [3.05, 3.63) is 24.8 Å². The SMILES string of the molecule is C=CC[C@@H](O[C@H]1C[C@@H](OC2CCCCO2)[C@H](CO[Si](C)(C)C(C)(C)C)[C@H]1C=CC)C(=O)O. The first-order chi connectivity index (χ1) is 15.0. The van der Waals surface area contributed by atoms with Crippen LogP contribution in [0.1, 0.15) is 59.8 Å². The second-order valence-corrected chi connectivity index (χ2v) is 15.4. The second-order valence-electron chi connectivity index (χ2n) is 10.6. The Labute approximate surface area is 195 Å². The van der Waals surface area contributed by atoms with E-state index in [4.69, 9.17) is 18.6 Å². The molecule has 7 heteroatoms. The Balaban J connectivity index is 2.24. The Hall–Kier alpha value is -0.993. The molecule has 1 aliphatic heterocycles. The molecule has 0 bridgehead atoms. The minimum Gasteiger partial charge on any atom is -0.479 e. The summed E-state index contributed by atoms with van der Waals surface area (Å²) in [5.41, 5.74) is 0. The average Bonchev–Trinajstić information content (AvgIpc) is 3.02. The van der Waals surface area contributed by atoms with Gasteiger partial charge in [0.15, 0.2) is 20.7 Å². The standard InChI is InChI=1S/C25H44O6Si/c1-8-12-18-19(17-29-32(6,7)25(3,4)5)22(31-23-14-10-11-15-28-23)16-21(18)30-20(13-9-2)24(26)27/h8-9,12,18-23H,2,10-11,13-17H2,1,3-7H3,(H,26,27)/t18-,19-,20-,21+,22-,23?/m1/s1. The zero-order chi connectivity index (χ0) is 23.9. The number of hydrogen-bond acceptors (Lipinski definition) is 5. The van der Waals surface area contributed by atoms with Crippen molar-refractivity contribution in [2.75, 3.05) is 13.2 Å². The summed E-state index contributed by atoms with van der Waals surface area (Å²) in [5, 5.41) is 9.72. The van der Waals surface area contributed by atoms with E-state index in [2.05, 4.69) is 46.5 Å². The maximum Gasteiger partial charge on any atom is 0.333 e. The smallest absolute Gasteiger partial charge is 0.333 e. The first kappa shape index (κ1) is 27.3. The van der Waals surface area contributed by atoms with Gasteiger partial charge < -0.3 is 23.7 Å². The second kappa shape index (κ2) is 11.9. The molecule has 1 heterocycles. The molecule has 0 amide bonds. The highest BCUT2D eigenvalue weighted by Crippen LogP contribution is 2.42. The molecule has 0 aromatic heterocycles. The fraction of sp³-hybridized carbons (Fsp3) is 0.800. The van der Waals surface area contributed by atoms with Gasteiger partial charge in [0.2, 0.25) is 0 Å². The lowest BCUT2D eigenvalue weighted by Crippen LogP contribution is -2.44. The first-order valence-electron chi connectivity index (χ1n) is 12.0. The number of carboxylic acids is 1. The average molecular weight is 469 g/mol. The van der Waals surface area contributed by atoms with Crippen molar-refractivity contribution in [3.63, 3.8) is 0 Å². The molecule has 6 atom stereocenters. The molecule has 0 spiro atoms. The van der Waals surface area contributed by atoms with Crippen LogP contribution in [-0.4, -0.2) is 57.2 Å². The topological polar surface area (TPSA) is 74.2 Å². The van der Waals surface area contributed by atoms with Gasteiger partial charge in [0.05, 0.1) is 12.2 Å². The number of carboxylic acid groups (broad SMARTS) is 1. The maximum absolute atomic E-state index is 11.7. The van der Waals surface area contributed by atoms with E-state index < -0.39 is 20.4 Å². The molecular formula is C25H44O6Si. The van der Waals surface area contributed by atoms with Crippen LogP contribution in [0, 0.1) is 11.8 Å². The van der Waals surface area contributed by atoms with E-state index >= 15 is 0 Å². The van der Waals surface area contributed by atoms with Crippen LogP contribution in [0.25, 0.3) is 0 Å². The Morgan fingerprint density at radius 2 is 2.00 bits per heavy atom. The highest BCUT2D eigenvalue weighted by molar-refractivity contribution is 6.74. The first-order valence-corrected chi connectivity index (χ1v) is 14.9. The van der Waals surface area contributed by atoms with Crippen molar-refractivity contribution < 1.29 is 28.5 Å². The number of carbonyl (C=O) groups is 1. The monoisotopic (exact) mass is 468 g/mol. The molecule has 2 fully saturated rings. The summed E-state index contributed by atoms with van der Waals surface area (Å²) >= 11 is 0. The van der Waals surface area contributed by atoms with E-state index in [1.807, 2.05) is 13.0 Å². The molecule has 2 rings (SSSR count). The van der Waals surface area contributed by atoms with Crippen LogP contribution in [0.2, 0.25) is 18.1 Å². The Morgan fingerprint density at radius 3 is 2.53 bits per heavy atom. The Kier molecular flexibility index (Phi) is 10.2. The quantitative estimate of drug-likeness (QED) is 0.317. The van der Waals surface area contributed by atoms with Crippen LogP contribution in [0.3, 0.4) is 0 Å². The zero-order valence-corrected chi connectivity index (χ0v) is 21.8. The van der Waals surface area contributed by atoms with Gasteiger partial charge in [-0.2, -0.15) is 0 Å². The summed E-state index contributed by atoms with van der Waals surface area (Å²) in [4.78, 5) is 11.7. The molecule has 1 aliphatic carbocycles. The number of aliphatic carboxylic acids is 1. The van der Waals surface area contributed by atoms with Gasteiger partial charge in [-0.05, 0) is 44.3 Å². The fourth-order valence-corrected chi connectivity index (χ4v) is 5.25. The fourth-order valence-electron chi connectivity index (χ4n) is 4.21. The van der Waals surface area contributed by atoms with Gasteiger partial charge in [0.1, 0.15) is 0 Å². The lowest BCUT2D eigenvalue weighted by molar-refractivity contribution is -0.198. The van der Waals surface area contributed by atoms with Crippen molar-refractivity contribution in [3.8, 4) is 0 Å². The molecule has 2 aliphatic rings. The lowest BCUT2D eigenvalue weighted by atomic mass is 9.93. The predicted octanol–water partition coefficient (Wildman–Crippen LogP) is 5.55. The molecule has 1 unspecified atom stereocenters. The Bertz CT molecular complexity index is 635. The number of allylic oxidation sites excluding steroid dienone is 1. The van der Waals surface area contributed by atoms with E-state index in [9.17, 15) is 9.90 Å². The highest BCUT2D eigenvalue weighted by Gasteiger charge is 2.47. The van der Waals surface area contributed by atoms with Crippen LogP contribution in [0.5, 0.6) is 0 Å². The van der Waals surface area contributed by atoms with E-state index in [1.165, 1.54) is 0 Å². The van der Waals surface area contributed by atoms with Crippen LogP contribution in [0.4, 0.5) is 0 Å². The molecule has 184 valence electrons. The van der Waals surface area contributed by atoms with Crippen molar-refractivity contribution in [2.24, 2.45) is 11.8 Å². The number of rotatable bonds is 11. The third-order valence-electron chi connectivity index (χ3n) is 7.18. The van der Waals surface area contributed by atoms with Crippen LogP contribution >= 0.6 is 0 Å². The van der Waals surface area contributed by atoms with Gasteiger partial charge in [0, 0.05) is 37.9 Å². The van der Waals surface area contributed by atoms with E-state index in [0.29, 0.717) is 13.0 Å². The molecule has 6 nitrogen and oxygen atoms in total. The molecule has 1 saturated heterocycles. The van der Waals surface area contributed by atoms with Crippen molar-refractivity contribution >= 4 is 14.3 Å². The van der Waals surface area contributed by atoms with Crippen molar-refractivity contribution in [1.82, 2.24) is 0 Å². The molecule has 0 aromatic rings. The largest absolute Gasteiger partial charge is 0.479 e. The summed E-state index contributed by atoms with van der Waals surface area (Å²) < 4.78 is 25.1. The van der Waals surface area contributed by atoms with Crippen molar-refractivity contribution in [1.29, 1.82) is 0 Å². The van der Waals surface area contributed by atoms with Gasteiger partial charge in [0.25, 0.3) is 0 Å². The summed E-state index contributed by atoms with van der Waals surface area (Å²) in [6.07, 6.45) is 8.22. The lowest BCUT2D eigenvalue weighted by Gasteiger charge is -2.38.